The number of carbonyl (C=O) groups is 1. The smallest absolute Gasteiger partial charge is 0.242 e. The molecule has 0 spiro atoms. The molecule has 158 valence electrons. The molecule has 4 rings (SSSR count). The third kappa shape index (κ3) is 5.14. The van der Waals surface area contributed by atoms with E-state index >= 15 is 0 Å². The number of sulfone groups is 1. The van der Waals surface area contributed by atoms with Crippen molar-refractivity contribution in [1.29, 1.82) is 0 Å². The van der Waals surface area contributed by atoms with Crippen LogP contribution >= 0.6 is 11.3 Å². The van der Waals surface area contributed by atoms with E-state index in [0.29, 0.717) is 18.3 Å². The van der Waals surface area contributed by atoms with Gasteiger partial charge in [0.2, 0.25) is 17.6 Å². The predicted molar refractivity (Wildman–Crippen MR) is 114 cm³/mol. The van der Waals surface area contributed by atoms with E-state index in [2.05, 4.69) is 10.1 Å². The van der Waals surface area contributed by atoms with Crippen LogP contribution in [0.4, 0.5) is 0 Å². The predicted octanol–water partition coefficient (Wildman–Crippen LogP) is 3.54. The third-order valence-corrected chi connectivity index (χ3v) is 7.45. The summed E-state index contributed by atoms with van der Waals surface area (Å²) in [5.74, 6) is -0.631. The first kappa shape index (κ1) is 20.7. The minimum absolute atomic E-state index is 0.00161. The molecule has 9 heteroatoms. The van der Waals surface area contributed by atoms with Gasteiger partial charge in [0.25, 0.3) is 0 Å². The van der Waals surface area contributed by atoms with E-state index in [0.717, 1.165) is 23.3 Å². The van der Waals surface area contributed by atoms with Gasteiger partial charge in [0.1, 0.15) is 11.5 Å². The second-order valence-corrected chi connectivity index (χ2v) is 10.6. The lowest BCUT2D eigenvalue weighted by Gasteiger charge is -2.29. The normalized spacial score (nSPS) is 15.1. The van der Waals surface area contributed by atoms with Crippen LogP contribution in [-0.4, -0.2) is 41.2 Å². The topological polar surface area (TPSA) is 93.4 Å². The molecule has 1 atom stereocenters. The zero-order chi connectivity index (χ0) is 21.1. The van der Waals surface area contributed by atoms with E-state index in [1.807, 2.05) is 54.8 Å². The molecule has 2 aromatic heterocycles. The zero-order valence-corrected chi connectivity index (χ0v) is 18.2. The molecule has 1 aliphatic carbocycles. The zero-order valence-electron chi connectivity index (χ0n) is 16.6. The van der Waals surface area contributed by atoms with Crippen LogP contribution in [0.5, 0.6) is 0 Å². The van der Waals surface area contributed by atoms with Crippen LogP contribution in [0.2, 0.25) is 0 Å². The maximum absolute atomic E-state index is 13.0. The van der Waals surface area contributed by atoms with Crippen LogP contribution < -0.4 is 0 Å². The Morgan fingerprint density at radius 3 is 2.67 bits per heavy atom. The first-order chi connectivity index (χ1) is 14.4. The Morgan fingerprint density at radius 2 is 2.00 bits per heavy atom. The van der Waals surface area contributed by atoms with E-state index in [4.69, 9.17) is 4.52 Å². The molecule has 0 saturated heterocycles. The quantitative estimate of drug-likeness (QED) is 0.500. The van der Waals surface area contributed by atoms with Crippen LogP contribution in [0.1, 0.15) is 31.2 Å². The van der Waals surface area contributed by atoms with Gasteiger partial charge in [0.15, 0.2) is 9.84 Å². The number of benzene rings is 1. The lowest BCUT2D eigenvalue weighted by molar-refractivity contribution is -0.131. The Kier molecular flexibility index (Phi) is 6.01. The molecule has 1 amide bonds. The molecule has 0 N–H and O–H groups in total. The average molecular weight is 446 g/mol. The Hall–Kier alpha value is -2.52. The number of thiophene rings is 1. The summed E-state index contributed by atoms with van der Waals surface area (Å²) in [6, 6.07) is 13.3. The second kappa shape index (κ2) is 8.69. The minimum atomic E-state index is -3.75. The molecule has 7 nitrogen and oxygen atoms in total. The number of rotatable bonds is 9. The molecule has 0 radical (unpaired) electrons. The number of aromatic nitrogens is 2. The Bertz CT molecular complexity index is 1090. The van der Waals surface area contributed by atoms with Crippen molar-refractivity contribution in [2.24, 2.45) is 5.92 Å². The van der Waals surface area contributed by atoms with Crippen LogP contribution in [0.25, 0.3) is 10.7 Å². The maximum atomic E-state index is 13.0. The fraction of sp³-hybridized carbons (Fsp3) is 0.381. The van der Waals surface area contributed by atoms with Gasteiger partial charge < -0.3 is 9.42 Å². The van der Waals surface area contributed by atoms with Gasteiger partial charge in [-0.2, -0.15) is 4.98 Å². The van der Waals surface area contributed by atoms with Crippen molar-refractivity contribution in [3.8, 4) is 10.7 Å². The fourth-order valence-corrected chi connectivity index (χ4v) is 5.19. The Balaban J connectivity index is 1.45. The lowest BCUT2D eigenvalue weighted by atomic mass is 10.1. The highest BCUT2D eigenvalue weighted by atomic mass is 32.2. The summed E-state index contributed by atoms with van der Waals surface area (Å²) in [7, 11) is -3.75. The first-order valence-electron chi connectivity index (χ1n) is 9.81. The highest BCUT2D eigenvalue weighted by Crippen LogP contribution is 2.36. The molecule has 1 saturated carbocycles. The molecule has 1 fully saturated rings. The van der Waals surface area contributed by atoms with Gasteiger partial charge >= 0.3 is 0 Å². The van der Waals surface area contributed by atoms with E-state index in [1.165, 1.54) is 11.3 Å². The maximum Gasteiger partial charge on any atom is 0.242 e. The average Bonchev–Trinajstić information content (AvgIpc) is 3.22. The van der Waals surface area contributed by atoms with Crippen LogP contribution in [0.3, 0.4) is 0 Å². The summed E-state index contributed by atoms with van der Waals surface area (Å²) in [6.45, 7) is 2.40. The first-order valence-corrected chi connectivity index (χ1v) is 12.5. The molecule has 0 bridgehead atoms. The summed E-state index contributed by atoms with van der Waals surface area (Å²) in [5, 5.41) is 5.72. The van der Waals surface area contributed by atoms with Gasteiger partial charge in [-0.05, 0) is 42.7 Å². The van der Waals surface area contributed by atoms with E-state index in [-0.39, 0.29) is 11.9 Å². The number of amides is 1. The van der Waals surface area contributed by atoms with Gasteiger partial charge in [-0.15, -0.1) is 11.3 Å². The van der Waals surface area contributed by atoms with Crippen molar-refractivity contribution in [2.75, 3.05) is 5.75 Å². The van der Waals surface area contributed by atoms with E-state index in [9.17, 15) is 13.2 Å². The molecule has 1 aromatic carbocycles. The summed E-state index contributed by atoms with van der Waals surface area (Å²) >= 11 is 1.44. The summed E-state index contributed by atoms with van der Waals surface area (Å²) in [6.07, 6.45) is 2.14. The van der Waals surface area contributed by atoms with Crippen molar-refractivity contribution >= 4 is 27.1 Å². The number of hydrogen-bond acceptors (Lipinski definition) is 7. The Labute approximate surface area is 179 Å². The summed E-state index contributed by atoms with van der Waals surface area (Å²) in [4.78, 5) is 19.6. The lowest BCUT2D eigenvalue weighted by Crippen LogP contribution is -2.42. The second-order valence-electron chi connectivity index (χ2n) is 7.61. The van der Waals surface area contributed by atoms with Crippen molar-refractivity contribution in [3.63, 3.8) is 0 Å². The molecule has 1 aliphatic rings. The standard InChI is InChI=1S/C21H23N3O4S2/c1-15(17-9-10-17)24(12-16-6-3-2-4-7-16)20(25)14-30(26,27)13-19-22-21(23-28-19)18-8-5-11-29-18/h2-8,11,15,17H,9-10,12-14H2,1H3. The van der Waals surface area contributed by atoms with Crippen molar-refractivity contribution in [2.45, 2.75) is 38.1 Å². The molecule has 1 unspecified atom stereocenters. The van der Waals surface area contributed by atoms with Gasteiger partial charge in [0, 0.05) is 12.6 Å². The van der Waals surface area contributed by atoms with Crippen molar-refractivity contribution in [1.82, 2.24) is 15.0 Å². The van der Waals surface area contributed by atoms with Gasteiger partial charge in [-0.3, -0.25) is 4.79 Å². The monoisotopic (exact) mass is 445 g/mol. The van der Waals surface area contributed by atoms with E-state index in [1.54, 1.807) is 4.90 Å². The van der Waals surface area contributed by atoms with Crippen molar-refractivity contribution < 1.29 is 17.7 Å². The third-order valence-electron chi connectivity index (χ3n) is 5.21. The van der Waals surface area contributed by atoms with E-state index < -0.39 is 27.3 Å². The SMILES string of the molecule is CC(C1CC1)N(Cc1ccccc1)C(=O)CS(=O)(=O)Cc1nc(-c2cccs2)no1. The van der Waals surface area contributed by atoms with Crippen LogP contribution in [-0.2, 0) is 26.9 Å². The highest BCUT2D eigenvalue weighted by Gasteiger charge is 2.35. The fourth-order valence-electron chi connectivity index (χ4n) is 3.40. The van der Waals surface area contributed by atoms with Gasteiger partial charge in [-0.25, -0.2) is 8.42 Å². The van der Waals surface area contributed by atoms with Crippen molar-refractivity contribution in [3.05, 3.63) is 59.3 Å². The molecule has 30 heavy (non-hydrogen) atoms. The van der Waals surface area contributed by atoms with Gasteiger partial charge in [0.05, 0.1) is 4.88 Å². The largest absolute Gasteiger partial charge is 0.338 e. The molecule has 2 heterocycles. The Morgan fingerprint density at radius 1 is 1.23 bits per heavy atom. The molecule has 3 aromatic rings. The number of nitrogens with zero attached hydrogens (tertiary/aromatic N) is 3. The van der Waals surface area contributed by atoms with Crippen LogP contribution in [0, 0.1) is 5.92 Å². The summed E-state index contributed by atoms with van der Waals surface area (Å²) < 4.78 is 30.5. The van der Waals surface area contributed by atoms with Gasteiger partial charge in [-0.1, -0.05) is 41.6 Å². The van der Waals surface area contributed by atoms with Crippen LogP contribution in [0.15, 0.2) is 52.4 Å². The summed E-state index contributed by atoms with van der Waals surface area (Å²) in [5.41, 5.74) is 0.980. The molecular formula is C21H23N3O4S2. The number of hydrogen-bond donors (Lipinski definition) is 0. The minimum Gasteiger partial charge on any atom is -0.338 e. The molecule has 0 aliphatic heterocycles. The molecular weight excluding hydrogens is 422 g/mol. The highest BCUT2D eigenvalue weighted by molar-refractivity contribution is 7.91. The number of carbonyl (C=O) groups excluding carboxylic acids is 1.